The molecule has 11 heteroatoms. The van der Waals surface area contributed by atoms with Crippen LogP contribution in [0.25, 0.3) is 11.1 Å². The third kappa shape index (κ3) is 4.78. The lowest BCUT2D eigenvalue weighted by atomic mass is 10.1. The molecule has 0 aliphatic carbocycles. The second-order valence-corrected chi connectivity index (χ2v) is 7.66. The molecule has 6 nitrogen and oxygen atoms in total. The summed E-state index contributed by atoms with van der Waals surface area (Å²) >= 11 is 1.22. The molecule has 0 unspecified atom stereocenters. The summed E-state index contributed by atoms with van der Waals surface area (Å²) in [6.45, 7) is 1.84. The Kier molecular flexibility index (Phi) is 5.66. The molecule has 0 saturated carbocycles. The summed E-state index contributed by atoms with van der Waals surface area (Å²) in [6.07, 6.45) is -3.01. The summed E-state index contributed by atoms with van der Waals surface area (Å²) in [7, 11) is 0. The molecular formula is C21H16F4N6S. The van der Waals surface area contributed by atoms with E-state index in [-0.39, 0.29) is 17.5 Å². The molecule has 164 valence electrons. The Morgan fingerprint density at radius 3 is 2.41 bits per heavy atom. The Labute approximate surface area is 184 Å². The van der Waals surface area contributed by atoms with Crippen molar-refractivity contribution in [1.29, 1.82) is 0 Å². The van der Waals surface area contributed by atoms with Crippen LogP contribution in [0.15, 0.2) is 54.7 Å². The first-order chi connectivity index (χ1) is 15.2. The summed E-state index contributed by atoms with van der Waals surface area (Å²) in [6, 6.07) is 10.4. The number of alkyl halides is 3. The average molecular weight is 460 g/mol. The van der Waals surface area contributed by atoms with Crippen LogP contribution in [0.5, 0.6) is 0 Å². The van der Waals surface area contributed by atoms with E-state index in [0.29, 0.717) is 21.8 Å². The van der Waals surface area contributed by atoms with Gasteiger partial charge in [0, 0.05) is 17.4 Å². The van der Waals surface area contributed by atoms with Gasteiger partial charge in [0.2, 0.25) is 5.95 Å². The van der Waals surface area contributed by atoms with Gasteiger partial charge in [-0.2, -0.15) is 22.5 Å². The topological polar surface area (TPSA) is 88.8 Å². The van der Waals surface area contributed by atoms with Crippen molar-refractivity contribution in [1.82, 2.24) is 14.3 Å². The van der Waals surface area contributed by atoms with Gasteiger partial charge in [0.25, 0.3) is 0 Å². The maximum Gasteiger partial charge on any atom is 0.416 e. The molecule has 0 amide bonds. The monoisotopic (exact) mass is 460 g/mol. The van der Waals surface area contributed by atoms with Crippen LogP contribution >= 0.6 is 11.5 Å². The molecule has 0 saturated heterocycles. The van der Waals surface area contributed by atoms with Crippen molar-refractivity contribution < 1.29 is 17.6 Å². The van der Waals surface area contributed by atoms with Crippen LogP contribution in [0.2, 0.25) is 0 Å². The molecule has 4 aromatic rings. The van der Waals surface area contributed by atoms with Crippen LogP contribution in [0.3, 0.4) is 0 Å². The van der Waals surface area contributed by atoms with E-state index >= 15 is 0 Å². The van der Waals surface area contributed by atoms with Gasteiger partial charge in [-0.1, -0.05) is 12.1 Å². The number of nitrogen functional groups attached to an aromatic ring is 1. The van der Waals surface area contributed by atoms with Gasteiger partial charge in [0.05, 0.1) is 16.9 Å². The summed E-state index contributed by atoms with van der Waals surface area (Å²) in [5.41, 5.74) is 7.00. The molecule has 0 radical (unpaired) electrons. The normalized spacial score (nSPS) is 11.4. The number of hydrogen-bond donors (Lipinski definition) is 3. The Balaban J connectivity index is 1.75. The van der Waals surface area contributed by atoms with Crippen molar-refractivity contribution in [3.05, 3.63) is 71.8 Å². The van der Waals surface area contributed by atoms with Gasteiger partial charge in [-0.25, -0.2) is 9.37 Å². The van der Waals surface area contributed by atoms with Crippen molar-refractivity contribution in [3.63, 3.8) is 0 Å². The van der Waals surface area contributed by atoms with Gasteiger partial charge < -0.3 is 16.4 Å². The van der Waals surface area contributed by atoms with E-state index in [1.54, 1.807) is 0 Å². The molecule has 4 N–H and O–H groups in total. The number of aryl methyl sites for hydroxylation is 1. The van der Waals surface area contributed by atoms with Gasteiger partial charge in [-0.05, 0) is 60.4 Å². The van der Waals surface area contributed by atoms with Crippen molar-refractivity contribution in [2.75, 3.05) is 16.4 Å². The third-order valence-corrected chi connectivity index (χ3v) is 5.21. The standard InChI is InChI=1S/C21H16F4N6S/c1-11-8-18(32-31-11)29-20-27-10-15(12-2-4-13(5-3-12)21(23,24)25)19(30-20)28-17-9-14(26)6-7-16(17)22/h2-10H,26H2,1H3,(H2,27,28,29,30). The van der Waals surface area contributed by atoms with E-state index < -0.39 is 17.6 Å². The fourth-order valence-corrected chi connectivity index (χ4v) is 3.54. The van der Waals surface area contributed by atoms with Gasteiger partial charge in [-0.3, -0.25) is 0 Å². The number of benzene rings is 2. The van der Waals surface area contributed by atoms with E-state index in [1.807, 2.05) is 13.0 Å². The summed E-state index contributed by atoms with van der Waals surface area (Å²) < 4.78 is 57.3. The zero-order valence-corrected chi connectivity index (χ0v) is 17.4. The second kappa shape index (κ2) is 8.42. The highest BCUT2D eigenvalue weighted by molar-refractivity contribution is 7.10. The number of nitrogens with zero attached hydrogens (tertiary/aromatic N) is 3. The SMILES string of the molecule is Cc1cc(Nc2ncc(-c3ccc(C(F)(F)F)cc3)c(Nc3cc(N)ccc3F)n2)sn1. The Morgan fingerprint density at radius 2 is 1.75 bits per heavy atom. The van der Waals surface area contributed by atoms with Gasteiger partial charge >= 0.3 is 6.18 Å². The van der Waals surface area contributed by atoms with Gasteiger partial charge in [0.1, 0.15) is 16.6 Å². The highest BCUT2D eigenvalue weighted by Gasteiger charge is 2.30. The molecule has 0 fully saturated rings. The lowest BCUT2D eigenvalue weighted by Gasteiger charge is -2.14. The molecule has 0 atom stereocenters. The molecule has 0 aliphatic heterocycles. The minimum Gasteiger partial charge on any atom is -0.399 e. The summed E-state index contributed by atoms with van der Waals surface area (Å²) in [5, 5.41) is 6.59. The average Bonchev–Trinajstić information content (AvgIpc) is 3.15. The molecule has 2 aromatic heterocycles. The number of aromatic nitrogens is 3. The first-order valence-electron chi connectivity index (χ1n) is 9.26. The van der Waals surface area contributed by atoms with Crippen LogP contribution in [0, 0.1) is 12.7 Å². The molecule has 0 spiro atoms. The molecule has 0 bridgehead atoms. The predicted octanol–water partition coefficient (Wildman–Crippen LogP) is 6.14. The highest BCUT2D eigenvalue weighted by Crippen LogP contribution is 2.34. The van der Waals surface area contributed by atoms with Crippen molar-refractivity contribution in [3.8, 4) is 11.1 Å². The lowest BCUT2D eigenvalue weighted by molar-refractivity contribution is -0.137. The van der Waals surface area contributed by atoms with Crippen LogP contribution < -0.4 is 16.4 Å². The number of hydrogen-bond acceptors (Lipinski definition) is 7. The van der Waals surface area contributed by atoms with Crippen LogP contribution in [-0.4, -0.2) is 14.3 Å². The fraction of sp³-hybridized carbons (Fsp3) is 0.0952. The number of halogens is 4. The van der Waals surface area contributed by atoms with Crippen LogP contribution in [0.4, 0.5) is 45.7 Å². The maximum atomic E-state index is 14.3. The minimum atomic E-state index is -4.46. The van der Waals surface area contributed by atoms with Crippen LogP contribution in [0.1, 0.15) is 11.3 Å². The second-order valence-electron chi connectivity index (χ2n) is 6.85. The number of nitrogens with two attached hydrogens (primary N) is 1. The van der Waals surface area contributed by atoms with Crippen molar-refractivity contribution >= 4 is 39.7 Å². The molecule has 2 aromatic carbocycles. The van der Waals surface area contributed by atoms with Crippen LogP contribution in [-0.2, 0) is 6.18 Å². The first kappa shape index (κ1) is 21.5. The van der Waals surface area contributed by atoms with Gasteiger partial charge in [-0.15, -0.1) is 0 Å². The van der Waals surface area contributed by atoms with E-state index in [1.165, 1.54) is 48.1 Å². The zero-order valence-electron chi connectivity index (χ0n) is 16.5. The minimum absolute atomic E-state index is 0.0662. The Morgan fingerprint density at radius 1 is 1.00 bits per heavy atom. The van der Waals surface area contributed by atoms with E-state index in [0.717, 1.165) is 17.8 Å². The molecular weight excluding hydrogens is 444 g/mol. The lowest BCUT2D eigenvalue weighted by Crippen LogP contribution is -2.05. The number of rotatable bonds is 5. The predicted molar refractivity (Wildman–Crippen MR) is 117 cm³/mol. The Bertz CT molecular complexity index is 1250. The summed E-state index contributed by atoms with van der Waals surface area (Å²) in [4.78, 5) is 8.66. The summed E-state index contributed by atoms with van der Waals surface area (Å²) in [5.74, 6) is -0.173. The number of anilines is 5. The molecule has 2 heterocycles. The maximum absolute atomic E-state index is 14.3. The van der Waals surface area contributed by atoms with Crippen molar-refractivity contribution in [2.45, 2.75) is 13.1 Å². The van der Waals surface area contributed by atoms with E-state index in [9.17, 15) is 17.6 Å². The Hall–Kier alpha value is -3.73. The highest BCUT2D eigenvalue weighted by atomic mass is 32.1. The third-order valence-electron chi connectivity index (χ3n) is 4.42. The van der Waals surface area contributed by atoms with Gasteiger partial charge in [0.15, 0.2) is 0 Å². The largest absolute Gasteiger partial charge is 0.416 e. The smallest absolute Gasteiger partial charge is 0.399 e. The zero-order chi connectivity index (χ0) is 22.9. The molecule has 0 aliphatic rings. The fourth-order valence-electron chi connectivity index (χ4n) is 2.89. The quantitative estimate of drug-likeness (QED) is 0.245. The molecule has 4 rings (SSSR count). The first-order valence-corrected chi connectivity index (χ1v) is 10.0. The van der Waals surface area contributed by atoms with E-state index in [4.69, 9.17) is 5.73 Å². The van der Waals surface area contributed by atoms with Crippen molar-refractivity contribution in [2.24, 2.45) is 0 Å². The molecule has 32 heavy (non-hydrogen) atoms. The van der Waals surface area contributed by atoms with E-state index in [2.05, 4.69) is 25.0 Å². The number of nitrogens with one attached hydrogen (secondary N) is 2.